The lowest BCUT2D eigenvalue weighted by atomic mass is 10.0. The molecule has 1 amide bonds. The third-order valence-corrected chi connectivity index (χ3v) is 6.37. The van der Waals surface area contributed by atoms with Gasteiger partial charge in [0.2, 0.25) is 5.91 Å². The minimum Gasteiger partial charge on any atom is -0.490 e. The number of carbonyl (C=O) groups is 1. The van der Waals surface area contributed by atoms with Gasteiger partial charge in [-0.1, -0.05) is 18.2 Å². The fourth-order valence-electron chi connectivity index (χ4n) is 4.65. The molecule has 0 saturated carbocycles. The van der Waals surface area contributed by atoms with E-state index in [1.165, 1.54) is 0 Å². The van der Waals surface area contributed by atoms with Crippen molar-refractivity contribution in [3.63, 3.8) is 0 Å². The molecular weight excluding hydrogens is 406 g/mol. The number of para-hydroxylation sites is 1. The predicted octanol–water partition coefficient (Wildman–Crippen LogP) is 3.39. The third-order valence-electron chi connectivity index (χ3n) is 6.37. The second-order valence-electron chi connectivity index (χ2n) is 8.41. The van der Waals surface area contributed by atoms with Crippen LogP contribution in [0.3, 0.4) is 0 Å². The van der Waals surface area contributed by atoms with E-state index in [9.17, 15) is 9.59 Å². The van der Waals surface area contributed by atoms with Crippen LogP contribution in [0, 0.1) is 0 Å². The van der Waals surface area contributed by atoms with Gasteiger partial charge in [0, 0.05) is 32.9 Å². The molecule has 1 aromatic heterocycles. The molecule has 0 N–H and O–H groups in total. The van der Waals surface area contributed by atoms with Crippen LogP contribution in [0.25, 0.3) is 10.9 Å². The van der Waals surface area contributed by atoms with Gasteiger partial charge in [-0.05, 0) is 42.7 Å². The van der Waals surface area contributed by atoms with E-state index in [1.807, 2.05) is 41.3 Å². The van der Waals surface area contributed by atoms with E-state index in [0.717, 1.165) is 42.9 Å². The highest BCUT2D eigenvalue weighted by Gasteiger charge is 2.30. The fraction of sp³-hybridized carbons (Fsp3) is 0.400. The molecule has 7 nitrogen and oxygen atoms in total. The monoisotopic (exact) mass is 433 g/mol. The lowest BCUT2D eigenvalue weighted by Gasteiger charge is -2.26. The van der Waals surface area contributed by atoms with E-state index in [1.54, 1.807) is 17.7 Å². The van der Waals surface area contributed by atoms with Crippen LogP contribution in [-0.4, -0.2) is 40.1 Å². The number of benzene rings is 2. The Labute approximate surface area is 186 Å². The molecule has 7 heteroatoms. The highest BCUT2D eigenvalue weighted by atomic mass is 16.5. The number of fused-ring (bicyclic) bond motifs is 2. The minimum atomic E-state index is -0.0794. The molecule has 1 saturated heterocycles. The third kappa shape index (κ3) is 3.83. The number of amides is 1. The molecule has 3 aromatic rings. The Hall–Kier alpha value is -3.35. The molecule has 1 atom stereocenters. The molecule has 5 rings (SSSR count). The Morgan fingerprint density at radius 2 is 1.91 bits per heavy atom. The summed E-state index contributed by atoms with van der Waals surface area (Å²) in [6.07, 6.45) is 3.51. The van der Waals surface area contributed by atoms with Crippen molar-refractivity contribution < 1.29 is 14.3 Å². The number of nitrogens with zero attached hydrogens (tertiary/aromatic N) is 3. The van der Waals surface area contributed by atoms with E-state index >= 15 is 0 Å². The Morgan fingerprint density at radius 3 is 2.78 bits per heavy atom. The van der Waals surface area contributed by atoms with E-state index in [4.69, 9.17) is 9.47 Å². The van der Waals surface area contributed by atoms with Crippen LogP contribution in [0.15, 0.2) is 47.3 Å². The van der Waals surface area contributed by atoms with Gasteiger partial charge in [-0.25, -0.2) is 4.98 Å². The molecule has 2 aliphatic rings. The second-order valence-corrected chi connectivity index (χ2v) is 8.41. The van der Waals surface area contributed by atoms with E-state index < -0.39 is 0 Å². The van der Waals surface area contributed by atoms with Crippen molar-refractivity contribution in [2.75, 3.05) is 19.8 Å². The summed E-state index contributed by atoms with van der Waals surface area (Å²) in [5.74, 6) is 2.25. The number of likely N-dealkylation sites (tertiary alicyclic amines) is 1. The zero-order valence-electron chi connectivity index (χ0n) is 18.3. The summed E-state index contributed by atoms with van der Waals surface area (Å²) in [4.78, 5) is 32.4. The van der Waals surface area contributed by atoms with Crippen LogP contribution in [0.4, 0.5) is 0 Å². The van der Waals surface area contributed by atoms with Crippen molar-refractivity contribution in [2.45, 2.75) is 38.1 Å². The smallest absolute Gasteiger partial charge is 0.261 e. The fourth-order valence-corrected chi connectivity index (χ4v) is 4.65. The largest absolute Gasteiger partial charge is 0.490 e. The number of hydrogen-bond donors (Lipinski definition) is 0. The normalized spacial score (nSPS) is 18.0. The van der Waals surface area contributed by atoms with Crippen LogP contribution in [-0.2, 0) is 18.3 Å². The average Bonchev–Trinajstić information content (AvgIpc) is 3.19. The molecule has 1 unspecified atom stereocenters. The van der Waals surface area contributed by atoms with Crippen LogP contribution < -0.4 is 15.0 Å². The van der Waals surface area contributed by atoms with Gasteiger partial charge in [0.15, 0.2) is 11.5 Å². The summed E-state index contributed by atoms with van der Waals surface area (Å²) in [5.41, 5.74) is 1.67. The second kappa shape index (κ2) is 8.65. The zero-order valence-corrected chi connectivity index (χ0v) is 18.3. The van der Waals surface area contributed by atoms with Crippen molar-refractivity contribution in [1.82, 2.24) is 14.5 Å². The number of ether oxygens (including phenoxy) is 2. The van der Waals surface area contributed by atoms with Crippen molar-refractivity contribution in [3.05, 3.63) is 64.2 Å². The first-order chi connectivity index (χ1) is 15.6. The molecule has 3 heterocycles. The summed E-state index contributed by atoms with van der Waals surface area (Å²) in [6.45, 7) is 2.04. The van der Waals surface area contributed by atoms with Gasteiger partial charge < -0.3 is 14.4 Å². The predicted molar refractivity (Wildman–Crippen MR) is 121 cm³/mol. The number of carbonyl (C=O) groups excluding carboxylic acids is 1. The lowest BCUT2D eigenvalue weighted by Crippen LogP contribution is -2.31. The van der Waals surface area contributed by atoms with Crippen molar-refractivity contribution in [2.24, 2.45) is 7.05 Å². The van der Waals surface area contributed by atoms with Crippen molar-refractivity contribution in [1.29, 1.82) is 0 Å². The Bertz CT molecular complexity index is 1220. The van der Waals surface area contributed by atoms with Gasteiger partial charge in [0.25, 0.3) is 5.56 Å². The van der Waals surface area contributed by atoms with Crippen LogP contribution in [0.1, 0.15) is 43.1 Å². The Kier molecular flexibility index (Phi) is 5.55. The number of rotatable bonds is 4. The quantitative estimate of drug-likeness (QED) is 0.631. The van der Waals surface area contributed by atoms with Crippen LogP contribution >= 0.6 is 0 Å². The van der Waals surface area contributed by atoms with Gasteiger partial charge >= 0.3 is 0 Å². The Morgan fingerprint density at radius 1 is 1.09 bits per heavy atom. The van der Waals surface area contributed by atoms with Gasteiger partial charge in [-0.3, -0.25) is 14.2 Å². The average molecular weight is 434 g/mol. The summed E-state index contributed by atoms with van der Waals surface area (Å²) >= 11 is 0. The molecule has 1 fully saturated rings. The molecular formula is C25H27N3O4. The standard InChI is InChI=1S/C25H27N3O4/c1-27-23(26-19-7-3-2-6-18(19)25(27)30)11-12-24(29)28-13-4-8-20(28)17-9-10-21-22(16-17)32-15-5-14-31-21/h2-3,6-7,9-10,16,20H,4-5,8,11-15H2,1H3. The molecule has 0 spiro atoms. The summed E-state index contributed by atoms with van der Waals surface area (Å²) in [6, 6.07) is 13.4. The van der Waals surface area contributed by atoms with E-state index in [-0.39, 0.29) is 17.5 Å². The van der Waals surface area contributed by atoms with Gasteiger partial charge in [-0.15, -0.1) is 0 Å². The molecule has 0 aliphatic carbocycles. The minimum absolute atomic E-state index is 0.0352. The SMILES string of the molecule is Cn1c(CCC(=O)N2CCCC2c2ccc3c(c2)OCCCO3)nc2ccccc2c1=O. The van der Waals surface area contributed by atoms with Crippen LogP contribution in [0.2, 0.25) is 0 Å². The first-order valence-corrected chi connectivity index (χ1v) is 11.3. The molecule has 32 heavy (non-hydrogen) atoms. The maximum Gasteiger partial charge on any atom is 0.261 e. The van der Waals surface area contributed by atoms with Crippen molar-refractivity contribution >= 4 is 16.8 Å². The molecule has 0 radical (unpaired) electrons. The van der Waals surface area contributed by atoms with Crippen LogP contribution in [0.5, 0.6) is 11.5 Å². The van der Waals surface area contributed by atoms with E-state index in [0.29, 0.717) is 42.8 Å². The highest BCUT2D eigenvalue weighted by Crippen LogP contribution is 2.38. The molecule has 0 bridgehead atoms. The first kappa shape index (κ1) is 20.5. The van der Waals surface area contributed by atoms with Gasteiger partial charge in [0.05, 0.1) is 30.2 Å². The number of aryl methyl sites for hydroxylation is 1. The first-order valence-electron chi connectivity index (χ1n) is 11.3. The molecule has 2 aliphatic heterocycles. The van der Waals surface area contributed by atoms with Gasteiger partial charge in [-0.2, -0.15) is 0 Å². The maximum atomic E-state index is 13.2. The van der Waals surface area contributed by atoms with Crippen molar-refractivity contribution in [3.8, 4) is 11.5 Å². The van der Waals surface area contributed by atoms with Gasteiger partial charge in [0.1, 0.15) is 5.82 Å². The molecule has 166 valence electrons. The summed E-state index contributed by atoms with van der Waals surface area (Å²) < 4.78 is 13.1. The number of hydrogen-bond acceptors (Lipinski definition) is 5. The topological polar surface area (TPSA) is 73.7 Å². The Balaban J connectivity index is 1.33. The lowest BCUT2D eigenvalue weighted by molar-refractivity contribution is -0.132. The summed E-state index contributed by atoms with van der Waals surface area (Å²) in [5, 5.41) is 0.596. The highest BCUT2D eigenvalue weighted by molar-refractivity contribution is 5.78. The molecule has 2 aromatic carbocycles. The number of aromatic nitrogens is 2. The summed E-state index contributed by atoms with van der Waals surface area (Å²) in [7, 11) is 1.72. The zero-order chi connectivity index (χ0) is 22.1. The van der Waals surface area contributed by atoms with E-state index in [2.05, 4.69) is 4.98 Å². The maximum absolute atomic E-state index is 13.2.